The molecule has 0 radical (unpaired) electrons. The number of rotatable bonds is 10. The Labute approximate surface area is 169 Å². The first-order chi connectivity index (χ1) is 13.1. The van der Waals surface area contributed by atoms with Crippen molar-refractivity contribution in [3.05, 3.63) is 0 Å². The lowest BCUT2D eigenvalue weighted by Gasteiger charge is -2.27. The number of carbonyl (C=O) groups excluding carboxylic acids is 3. The maximum atomic E-state index is 12.3. The highest BCUT2D eigenvalue weighted by molar-refractivity contribution is 5.82. The van der Waals surface area contributed by atoms with Crippen molar-refractivity contribution in [2.75, 3.05) is 27.2 Å². The largest absolute Gasteiger partial charge is 0.338 e. The van der Waals surface area contributed by atoms with Gasteiger partial charge in [0.15, 0.2) is 0 Å². The highest BCUT2D eigenvalue weighted by Gasteiger charge is 2.43. The van der Waals surface area contributed by atoms with Crippen molar-refractivity contribution < 1.29 is 14.4 Å². The second-order valence-corrected chi connectivity index (χ2v) is 8.27. The van der Waals surface area contributed by atoms with Crippen LogP contribution in [0.3, 0.4) is 0 Å². The highest BCUT2D eigenvalue weighted by Crippen LogP contribution is 2.16. The van der Waals surface area contributed by atoms with Crippen molar-refractivity contribution in [3.8, 4) is 0 Å². The molecule has 4 N–H and O–H groups in total. The molecule has 0 unspecified atom stereocenters. The predicted octanol–water partition coefficient (Wildman–Crippen LogP) is 2.11. The van der Waals surface area contributed by atoms with E-state index in [2.05, 4.69) is 49.0 Å². The van der Waals surface area contributed by atoms with Crippen LogP contribution in [0.4, 0.5) is 14.4 Å². The van der Waals surface area contributed by atoms with Crippen LogP contribution in [0.15, 0.2) is 0 Å². The van der Waals surface area contributed by atoms with Gasteiger partial charge in [-0.2, -0.15) is 0 Å². The van der Waals surface area contributed by atoms with Crippen LogP contribution in [0.1, 0.15) is 53.4 Å². The summed E-state index contributed by atoms with van der Waals surface area (Å²) >= 11 is 0. The first-order valence-electron chi connectivity index (χ1n) is 10.2. The molecule has 2 atom stereocenters. The van der Waals surface area contributed by atoms with Crippen molar-refractivity contribution in [1.82, 2.24) is 31.1 Å². The van der Waals surface area contributed by atoms with E-state index in [9.17, 15) is 14.4 Å². The van der Waals surface area contributed by atoms with Crippen LogP contribution < -0.4 is 21.3 Å². The molecule has 0 aliphatic carbocycles. The molecule has 6 amide bonds. The van der Waals surface area contributed by atoms with Crippen molar-refractivity contribution in [2.24, 2.45) is 11.8 Å². The smallest absolute Gasteiger partial charge is 0.323 e. The minimum absolute atomic E-state index is 0.268. The van der Waals surface area contributed by atoms with Gasteiger partial charge in [-0.3, -0.25) is 0 Å². The van der Waals surface area contributed by atoms with Crippen molar-refractivity contribution >= 4 is 18.1 Å². The zero-order valence-electron chi connectivity index (χ0n) is 18.2. The maximum absolute atomic E-state index is 12.3. The van der Waals surface area contributed by atoms with E-state index in [0.29, 0.717) is 24.9 Å². The molecular formula is C19H38N6O3. The summed E-state index contributed by atoms with van der Waals surface area (Å²) < 4.78 is 0. The Morgan fingerprint density at radius 2 is 1.18 bits per heavy atom. The predicted molar refractivity (Wildman–Crippen MR) is 110 cm³/mol. The summed E-state index contributed by atoms with van der Waals surface area (Å²) in [6.07, 6.45) is 2.56. The summed E-state index contributed by atoms with van der Waals surface area (Å²) in [5, 5.41) is 11.2. The van der Waals surface area contributed by atoms with E-state index in [4.69, 9.17) is 0 Å². The van der Waals surface area contributed by atoms with E-state index < -0.39 is 12.3 Å². The molecule has 9 heteroatoms. The molecule has 1 aliphatic rings. The highest BCUT2D eigenvalue weighted by atomic mass is 16.2. The molecule has 0 aromatic heterocycles. The first kappa shape index (κ1) is 23.8. The van der Waals surface area contributed by atoms with Gasteiger partial charge in [0.1, 0.15) is 12.3 Å². The molecule has 0 aromatic carbocycles. The molecule has 162 valence electrons. The SMILES string of the molecule is CC(C)CCCNC(=O)N[C@@H]1[C@@H](NC(=O)NCCCC(C)C)N(C)C(=O)N1C. The molecule has 1 fully saturated rings. The molecule has 0 spiro atoms. The fourth-order valence-electron chi connectivity index (χ4n) is 3.06. The van der Waals surface area contributed by atoms with Gasteiger partial charge in [-0.15, -0.1) is 0 Å². The zero-order valence-corrected chi connectivity index (χ0v) is 18.2. The van der Waals surface area contributed by atoms with E-state index in [1.807, 2.05) is 0 Å². The molecule has 9 nitrogen and oxygen atoms in total. The Bertz CT molecular complexity index is 482. The second kappa shape index (κ2) is 11.6. The van der Waals surface area contributed by atoms with E-state index in [1.165, 1.54) is 9.80 Å². The van der Waals surface area contributed by atoms with Crippen molar-refractivity contribution in [2.45, 2.75) is 65.7 Å². The summed E-state index contributed by atoms with van der Waals surface area (Å²) in [5.74, 6) is 1.18. The fourth-order valence-corrected chi connectivity index (χ4v) is 3.06. The fraction of sp³-hybridized carbons (Fsp3) is 0.842. The molecule has 0 aromatic rings. The van der Waals surface area contributed by atoms with E-state index in [0.717, 1.165) is 25.7 Å². The number of nitrogens with zero attached hydrogens (tertiary/aromatic N) is 2. The summed E-state index contributed by atoms with van der Waals surface area (Å²) in [6.45, 7) is 9.69. The van der Waals surface area contributed by atoms with Crippen molar-refractivity contribution in [1.29, 1.82) is 0 Å². The lowest BCUT2D eigenvalue weighted by Crippen LogP contribution is -2.59. The molecule has 1 saturated heterocycles. The number of carbonyl (C=O) groups is 3. The van der Waals surface area contributed by atoms with Gasteiger partial charge in [-0.05, 0) is 37.5 Å². The van der Waals surface area contributed by atoms with E-state index >= 15 is 0 Å². The van der Waals surface area contributed by atoms with E-state index in [-0.39, 0.29) is 18.1 Å². The molecule has 0 bridgehead atoms. The van der Waals surface area contributed by atoms with Gasteiger partial charge in [-0.25, -0.2) is 14.4 Å². The van der Waals surface area contributed by atoms with Crippen LogP contribution in [0, 0.1) is 11.8 Å². The molecular weight excluding hydrogens is 360 g/mol. The number of amides is 6. The third kappa shape index (κ3) is 7.82. The molecule has 1 rings (SSSR count). The Morgan fingerprint density at radius 1 is 0.821 bits per heavy atom. The Hall–Kier alpha value is -2.19. The number of hydrogen-bond donors (Lipinski definition) is 4. The number of hydrogen-bond acceptors (Lipinski definition) is 3. The Morgan fingerprint density at radius 3 is 1.50 bits per heavy atom. The summed E-state index contributed by atoms with van der Waals surface area (Å²) in [7, 11) is 3.20. The standard InChI is InChI=1S/C19H38N6O3/c1-13(2)9-7-11-20-17(26)22-15-16(25(6)19(28)24(15)5)23-18(27)21-12-8-10-14(3)4/h13-16H,7-12H2,1-6H3,(H2,20,22,26)(H2,21,23,27)/t15-,16-/m0/s1. The summed E-state index contributed by atoms with van der Waals surface area (Å²) in [4.78, 5) is 39.5. The van der Waals surface area contributed by atoms with Gasteiger partial charge < -0.3 is 31.1 Å². The van der Waals surface area contributed by atoms with Gasteiger partial charge in [0.25, 0.3) is 0 Å². The summed E-state index contributed by atoms with van der Waals surface area (Å²) in [5.41, 5.74) is 0. The van der Waals surface area contributed by atoms with Crippen LogP contribution in [0.5, 0.6) is 0 Å². The molecule has 28 heavy (non-hydrogen) atoms. The molecule has 1 heterocycles. The van der Waals surface area contributed by atoms with Crippen LogP contribution in [0.2, 0.25) is 0 Å². The Balaban J connectivity index is 2.53. The first-order valence-corrected chi connectivity index (χ1v) is 10.2. The molecule has 0 saturated carbocycles. The maximum Gasteiger partial charge on any atom is 0.323 e. The van der Waals surface area contributed by atoms with Crippen LogP contribution >= 0.6 is 0 Å². The normalized spacial score (nSPS) is 19.4. The topological polar surface area (TPSA) is 106 Å². The van der Waals surface area contributed by atoms with Gasteiger partial charge in [0.2, 0.25) is 0 Å². The third-order valence-electron chi connectivity index (χ3n) is 4.78. The van der Waals surface area contributed by atoms with Crippen LogP contribution in [-0.4, -0.2) is 67.4 Å². The van der Waals surface area contributed by atoms with Crippen LogP contribution in [-0.2, 0) is 0 Å². The van der Waals surface area contributed by atoms with Crippen LogP contribution in [0.25, 0.3) is 0 Å². The number of nitrogens with one attached hydrogen (secondary N) is 4. The van der Waals surface area contributed by atoms with E-state index in [1.54, 1.807) is 14.1 Å². The van der Waals surface area contributed by atoms with Gasteiger partial charge in [0.05, 0.1) is 0 Å². The molecule has 1 aliphatic heterocycles. The van der Waals surface area contributed by atoms with Gasteiger partial charge in [-0.1, -0.05) is 27.7 Å². The zero-order chi connectivity index (χ0) is 21.3. The number of likely N-dealkylation sites (N-methyl/N-ethyl adjacent to an activating group) is 2. The van der Waals surface area contributed by atoms with Crippen molar-refractivity contribution in [3.63, 3.8) is 0 Å². The second-order valence-electron chi connectivity index (χ2n) is 8.27. The minimum Gasteiger partial charge on any atom is -0.338 e. The average Bonchev–Trinajstić information content (AvgIpc) is 2.80. The monoisotopic (exact) mass is 398 g/mol. The minimum atomic E-state index is -0.649. The number of urea groups is 3. The Kier molecular flexibility index (Phi) is 9.89. The third-order valence-corrected chi connectivity index (χ3v) is 4.78. The lowest BCUT2D eigenvalue weighted by molar-refractivity contribution is 0.193. The quantitative estimate of drug-likeness (QED) is 0.424. The van der Waals surface area contributed by atoms with Gasteiger partial charge >= 0.3 is 18.1 Å². The van der Waals surface area contributed by atoms with Gasteiger partial charge in [0, 0.05) is 27.2 Å². The summed E-state index contributed by atoms with van der Waals surface area (Å²) in [6, 6.07) is -0.976. The average molecular weight is 399 g/mol. The lowest BCUT2D eigenvalue weighted by atomic mass is 10.1.